The Morgan fingerprint density at radius 2 is 1.83 bits per heavy atom. The summed E-state index contributed by atoms with van der Waals surface area (Å²) in [6.45, 7) is 4.79. The number of pyridine rings is 1. The molecule has 9 nitrogen and oxygen atoms in total. The summed E-state index contributed by atoms with van der Waals surface area (Å²) < 4.78 is 12.2. The first-order chi connectivity index (χ1) is 14.4. The van der Waals surface area contributed by atoms with Gasteiger partial charge in [0, 0.05) is 49.7 Å². The Balaban J connectivity index is 1.76. The Morgan fingerprint density at radius 3 is 2.50 bits per heavy atom. The summed E-state index contributed by atoms with van der Waals surface area (Å²) in [5.74, 6) is -0.267. The molecule has 2 amide bonds. The van der Waals surface area contributed by atoms with Gasteiger partial charge >= 0.3 is 0 Å². The van der Waals surface area contributed by atoms with Gasteiger partial charge in [-0.05, 0) is 18.2 Å². The topological polar surface area (TPSA) is 102 Å². The Kier molecular flexibility index (Phi) is 7.21. The third-order valence-corrected chi connectivity index (χ3v) is 4.67. The minimum atomic E-state index is -0.260. The van der Waals surface area contributed by atoms with Gasteiger partial charge in [0.25, 0.3) is 0 Å². The van der Waals surface area contributed by atoms with E-state index in [-0.39, 0.29) is 29.5 Å². The molecule has 2 heterocycles. The molecule has 1 aromatic carbocycles. The average molecular weight is 414 g/mol. The van der Waals surface area contributed by atoms with Gasteiger partial charge in [0.05, 0.1) is 26.5 Å². The summed E-state index contributed by atoms with van der Waals surface area (Å²) in [7, 11) is 1.43. The zero-order chi connectivity index (χ0) is 21.5. The van der Waals surface area contributed by atoms with Crippen molar-refractivity contribution >= 4 is 23.2 Å². The van der Waals surface area contributed by atoms with E-state index in [4.69, 9.17) is 9.47 Å². The highest BCUT2D eigenvalue weighted by Crippen LogP contribution is 2.16. The molecule has 1 saturated heterocycles. The number of morpholine rings is 1. The number of carbonyl (C=O) groups is 2. The van der Waals surface area contributed by atoms with E-state index >= 15 is 0 Å². The predicted molar refractivity (Wildman–Crippen MR) is 113 cm³/mol. The Morgan fingerprint density at radius 1 is 1.13 bits per heavy atom. The molecule has 0 unspecified atom stereocenters. The van der Waals surface area contributed by atoms with Crippen LogP contribution in [0.25, 0.3) is 0 Å². The van der Waals surface area contributed by atoms with Gasteiger partial charge < -0.3 is 24.7 Å². The fraction of sp³-hybridized carbons (Fsp3) is 0.381. The number of methoxy groups -OCH3 is 1. The molecule has 0 bridgehead atoms. The first-order valence-corrected chi connectivity index (χ1v) is 9.69. The normalized spacial score (nSPS) is 14.2. The molecule has 0 spiro atoms. The van der Waals surface area contributed by atoms with Crippen LogP contribution in [0.4, 0.5) is 11.4 Å². The molecular formula is C21H26N4O5. The predicted octanol–water partition coefficient (Wildman–Crippen LogP) is 1.29. The highest BCUT2D eigenvalue weighted by molar-refractivity contribution is 5.93. The molecule has 0 saturated carbocycles. The lowest BCUT2D eigenvalue weighted by Crippen LogP contribution is -2.37. The van der Waals surface area contributed by atoms with E-state index in [0.29, 0.717) is 31.1 Å². The summed E-state index contributed by atoms with van der Waals surface area (Å²) in [6.07, 6.45) is 1.56. The van der Waals surface area contributed by atoms with Crippen LogP contribution in [0, 0.1) is 0 Å². The number of nitrogens with one attached hydrogen (secondary N) is 2. The molecule has 0 aliphatic carbocycles. The number of anilines is 2. The molecule has 1 aliphatic rings. The number of ether oxygens (including phenoxy) is 2. The van der Waals surface area contributed by atoms with Gasteiger partial charge in [-0.3, -0.25) is 19.3 Å². The highest BCUT2D eigenvalue weighted by atomic mass is 16.5. The van der Waals surface area contributed by atoms with Gasteiger partial charge in [-0.15, -0.1) is 0 Å². The number of nitrogens with zero attached hydrogens (tertiary/aromatic N) is 2. The van der Waals surface area contributed by atoms with E-state index in [9.17, 15) is 14.4 Å². The molecule has 9 heteroatoms. The van der Waals surface area contributed by atoms with Gasteiger partial charge in [0.1, 0.15) is 6.54 Å². The maximum absolute atomic E-state index is 12.7. The van der Waals surface area contributed by atoms with Crippen LogP contribution in [-0.4, -0.2) is 54.7 Å². The van der Waals surface area contributed by atoms with Crippen LogP contribution in [0.5, 0.6) is 5.75 Å². The van der Waals surface area contributed by atoms with Crippen LogP contribution in [0.15, 0.2) is 41.3 Å². The number of hydrogen-bond donors (Lipinski definition) is 2. The third-order valence-electron chi connectivity index (χ3n) is 4.67. The Labute approximate surface area is 174 Å². The molecule has 3 rings (SSSR count). The van der Waals surface area contributed by atoms with Crippen molar-refractivity contribution in [3.05, 3.63) is 52.4 Å². The van der Waals surface area contributed by atoms with E-state index in [1.54, 1.807) is 35.0 Å². The molecule has 1 aliphatic heterocycles. The van der Waals surface area contributed by atoms with Crippen molar-refractivity contribution in [1.29, 1.82) is 0 Å². The lowest BCUT2D eigenvalue weighted by Gasteiger charge is -2.27. The molecule has 2 N–H and O–H groups in total. The van der Waals surface area contributed by atoms with Crippen molar-refractivity contribution < 1.29 is 19.1 Å². The third kappa shape index (κ3) is 5.91. The molecule has 30 heavy (non-hydrogen) atoms. The fourth-order valence-electron chi connectivity index (χ4n) is 3.25. The summed E-state index contributed by atoms with van der Waals surface area (Å²) in [5, 5.41) is 5.50. The molecule has 0 atom stereocenters. The smallest absolute Gasteiger partial charge is 0.244 e. The van der Waals surface area contributed by atoms with Crippen molar-refractivity contribution in [1.82, 2.24) is 9.47 Å². The monoisotopic (exact) mass is 414 g/mol. The molecule has 160 valence electrons. The standard InChI is InChI=1S/C21H26N4O5/c1-15(26)22-16-4-3-5-17(10-16)23-21(28)14-25-13-20(29-2)19(27)11-18(25)12-24-6-8-30-9-7-24/h3-5,10-11,13H,6-9,12,14H2,1-2H3,(H,22,26)(H,23,28). The van der Waals surface area contributed by atoms with E-state index in [1.807, 2.05) is 0 Å². The fourth-order valence-corrected chi connectivity index (χ4v) is 3.25. The number of carbonyl (C=O) groups excluding carboxylic acids is 2. The number of benzene rings is 1. The number of amides is 2. The second-order valence-electron chi connectivity index (χ2n) is 7.02. The molecular weight excluding hydrogens is 388 g/mol. The first-order valence-electron chi connectivity index (χ1n) is 9.69. The molecule has 1 aromatic heterocycles. The zero-order valence-corrected chi connectivity index (χ0v) is 17.1. The maximum atomic E-state index is 12.7. The second kappa shape index (κ2) is 10.0. The van der Waals surface area contributed by atoms with Crippen molar-refractivity contribution in [3.63, 3.8) is 0 Å². The van der Waals surface area contributed by atoms with Crippen LogP contribution in [0.2, 0.25) is 0 Å². The number of hydrogen-bond acceptors (Lipinski definition) is 6. The van der Waals surface area contributed by atoms with Crippen LogP contribution < -0.4 is 20.8 Å². The molecule has 0 radical (unpaired) electrons. The van der Waals surface area contributed by atoms with E-state index in [1.165, 1.54) is 20.1 Å². The van der Waals surface area contributed by atoms with Crippen molar-refractivity contribution in [2.24, 2.45) is 0 Å². The number of rotatable bonds is 7. The minimum Gasteiger partial charge on any atom is -0.491 e. The molecule has 1 fully saturated rings. The van der Waals surface area contributed by atoms with Crippen molar-refractivity contribution in [2.45, 2.75) is 20.0 Å². The van der Waals surface area contributed by atoms with Gasteiger partial charge in [-0.2, -0.15) is 0 Å². The van der Waals surface area contributed by atoms with Gasteiger partial charge in [0.15, 0.2) is 5.75 Å². The van der Waals surface area contributed by atoms with Crippen molar-refractivity contribution in [3.8, 4) is 5.75 Å². The lowest BCUT2D eigenvalue weighted by molar-refractivity contribution is -0.117. The van der Waals surface area contributed by atoms with Gasteiger partial charge in [-0.25, -0.2) is 0 Å². The van der Waals surface area contributed by atoms with Crippen molar-refractivity contribution in [2.75, 3.05) is 44.0 Å². The maximum Gasteiger partial charge on any atom is 0.244 e. The highest BCUT2D eigenvalue weighted by Gasteiger charge is 2.16. The second-order valence-corrected chi connectivity index (χ2v) is 7.02. The Bertz CT molecular complexity index is 966. The lowest BCUT2D eigenvalue weighted by atomic mass is 10.2. The summed E-state index contributed by atoms with van der Waals surface area (Å²) in [4.78, 5) is 38.3. The zero-order valence-electron chi connectivity index (χ0n) is 17.1. The van der Waals surface area contributed by atoms with Crippen LogP contribution in [-0.2, 0) is 27.4 Å². The van der Waals surface area contributed by atoms with E-state index in [0.717, 1.165) is 18.8 Å². The number of aromatic nitrogens is 1. The largest absolute Gasteiger partial charge is 0.491 e. The van der Waals surface area contributed by atoms with Crippen LogP contribution in [0.3, 0.4) is 0 Å². The molecule has 2 aromatic rings. The van der Waals surface area contributed by atoms with E-state index < -0.39 is 0 Å². The summed E-state index contributed by atoms with van der Waals surface area (Å²) in [6, 6.07) is 8.42. The quantitative estimate of drug-likeness (QED) is 0.708. The van der Waals surface area contributed by atoms with Crippen LogP contribution in [0.1, 0.15) is 12.6 Å². The van der Waals surface area contributed by atoms with E-state index in [2.05, 4.69) is 15.5 Å². The first kappa shape index (κ1) is 21.5. The average Bonchev–Trinajstić information content (AvgIpc) is 2.70. The minimum absolute atomic E-state index is 0.0146. The summed E-state index contributed by atoms with van der Waals surface area (Å²) in [5.41, 5.74) is 1.66. The van der Waals surface area contributed by atoms with Gasteiger partial charge in [-0.1, -0.05) is 6.07 Å². The van der Waals surface area contributed by atoms with Crippen LogP contribution >= 0.6 is 0 Å². The SMILES string of the molecule is COc1cn(CC(=O)Nc2cccc(NC(C)=O)c2)c(CN2CCOCC2)cc1=O. The van der Waals surface area contributed by atoms with Gasteiger partial charge in [0.2, 0.25) is 17.2 Å². The Hall–Kier alpha value is -3.17. The summed E-state index contributed by atoms with van der Waals surface area (Å²) >= 11 is 0.